The van der Waals surface area contributed by atoms with Crippen LogP contribution < -0.4 is 4.74 Å². The van der Waals surface area contributed by atoms with Crippen molar-refractivity contribution in [3.05, 3.63) is 23.3 Å². The first-order valence-electron chi connectivity index (χ1n) is 7.88. The van der Waals surface area contributed by atoms with Crippen LogP contribution in [0.2, 0.25) is 0 Å². The maximum Gasteiger partial charge on any atom is 0.409 e. The van der Waals surface area contributed by atoms with Crippen LogP contribution in [0.1, 0.15) is 18.1 Å². The second kappa shape index (κ2) is 7.40. The molecule has 1 aliphatic rings. The van der Waals surface area contributed by atoms with Gasteiger partial charge in [0.1, 0.15) is 10.6 Å². The highest BCUT2D eigenvalue weighted by Gasteiger charge is 2.33. The van der Waals surface area contributed by atoms with Gasteiger partial charge in [0.05, 0.1) is 13.7 Å². The number of hydrogen-bond acceptors (Lipinski definition) is 5. The molecule has 1 saturated heterocycles. The zero-order valence-corrected chi connectivity index (χ0v) is 15.4. The summed E-state index contributed by atoms with van der Waals surface area (Å²) in [5, 5.41) is 0. The van der Waals surface area contributed by atoms with Crippen LogP contribution in [0.3, 0.4) is 0 Å². The van der Waals surface area contributed by atoms with Gasteiger partial charge >= 0.3 is 6.09 Å². The summed E-state index contributed by atoms with van der Waals surface area (Å²) in [6.45, 7) is 6.81. The van der Waals surface area contributed by atoms with Crippen LogP contribution in [0.25, 0.3) is 0 Å². The predicted molar refractivity (Wildman–Crippen MR) is 89.8 cm³/mol. The number of hydrogen-bond donors (Lipinski definition) is 0. The van der Waals surface area contributed by atoms with Crippen LogP contribution in [0, 0.1) is 13.8 Å². The van der Waals surface area contributed by atoms with Gasteiger partial charge in [0.25, 0.3) is 0 Å². The molecule has 134 valence electrons. The molecule has 2 rings (SSSR count). The van der Waals surface area contributed by atoms with Crippen molar-refractivity contribution in [3.8, 4) is 5.75 Å². The Hall–Kier alpha value is -1.80. The first kappa shape index (κ1) is 18.5. The Balaban J connectivity index is 2.23. The first-order chi connectivity index (χ1) is 11.3. The molecule has 1 aromatic carbocycles. The molecule has 0 N–H and O–H groups in total. The summed E-state index contributed by atoms with van der Waals surface area (Å²) in [6, 6.07) is 3.51. The summed E-state index contributed by atoms with van der Waals surface area (Å²) in [5.41, 5.74) is 1.64. The maximum atomic E-state index is 13.0. The summed E-state index contributed by atoms with van der Waals surface area (Å²) >= 11 is 0. The number of carbonyl (C=O) groups excluding carboxylic acids is 1. The topological polar surface area (TPSA) is 76.2 Å². The molecule has 0 aromatic heterocycles. The molecule has 1 amide bonds. The van der Waals surface area contributed by atoms with Crippen molar-refractivity contribution in [2.75, 3.05) is 39.9 Å². The highest BCUT2D eigenvalue weighted by Crippen LogP contribution is 2.31. The molecule has 0 saturated carbocycles. The van der Waals surface area contributed by atoms with Gasteiger partial charge in [-0.15, -0.1) is 0 Å². The Morgan fingerprint density at radius 2 is 1.79 bits per heavy atom. The summed E-state index contributed by atoms with van der Waals surface area (Å²) in [7, 11) is -2.21. The van der Waals surface area contributed by atoms with Gasteiger partial charge in [0.2, 0.25) is 10.0 Å². The number of rotatable bonds is 4. The normalized spacial score (nSPS) is 16.1. The first-order valence-corrected chi connectivity index (χ1v) is 9.32. The van der Waals surface area contributed by atoms with Crippen LogP contribution in [0.4, 0.5) is 4.79 Å². The third-order valence-electron chi connectivity index (χ3n) is 3.97. The Labute approximate surface area is 143 Å². The number of sulfonamides is 1. The molecule has 1 fully saturated rings. The summed E-state index contributed by atoms with van der Waals surface area (Å²) in [5.74, 6) is 0.369. The Morgan fingerprint density at radius 3 is 2.33 bits per heavy atom. The average molecular weight is 356 g/mol. The molecule has 1 aliphatic heterocycles. The van der Waals surface area contributed by atoms with Crippen LogP contribution in [-0.4, -0.2) is 63.6 Å². The van der Waals surface area contributed by atoms with Gasteiger partial charge in [-0.1, -0.05) is 6.07 Å². The van der Waals surface area contributed by atoms with Crippen molar-refractivity contribution < 1.29 is 22.7 Å². The van der Waals surface area contributed by atoms with Crippen molar-refractivity contribution >= 4 is 16.1 Å². The molecule has 24 heavy (non-hydrogen) atoms. The Morgan fingerprint density at radius 1 is 1.17 bits per heavy atom. The van der Waals surface area contributed by atoms with Crippen molar-refractivity contribution in [2.24, 2.45) is 0 Å². The van der Waals surface area contributed by atoms with Crippen molar-refractivity contribution in [3.63, 3.8) is 0 Å². The second-order valence-electron chi connectivity index (χ2n) is 5.70. The molecule has 0 unspecified atom stereocenters. The third-order valence-corrected chi connectivity index (χ3v) is 5.88. The van der Waals surface area contributed by atoms with E-state index in [1.54, 1.807) is 13.0 Å². The van der Waals surface area contributed by atoms with Gasteiger partial charge in [0, 0.05) is 26.2 Å². The number of benzene rings is 1. The maximum absolute atomic E-state index is 13.0. The van der Waals surface area contributed by atoms with Crippen LogP contribution >= 0.6 is 0 Å². The highest BCUT2D eigenvalue weighted by atomic mass is 32.2. The van der Waals surface area contributed by atoms with Gasteiger partial charge in [-0.3, -0.25) is 0 Å². The Kier molecular flexibility index (Phi) is 5.71. The van der Waals surface area contributed by atoms with E-state index in [4.69, 9.17) is 9.47 Å². The van der Waals surface area contributed by atoms with Gasteiger partial charge in [-0.05, 0) is 38.0 Å². The molecule has 0 bridgehead atoms. The van der Waals surface area contributed by atoms with Crippen molar-refractivity contribution in [1.29, 1.82) is 0 Å². The smallest absolute Gasteiger partial charge is 0.409 e. The Bertz CT molecular complexity index is 709. The van der Waals surface area contributed by atoms with E-state index in [0.717, 1.165) is 11.1 Å². The largest absolute Gasteiger partial charge is 0.495 e. The summed E-state index contributed by atoms with van der Waals surface area (Å²) in [4.78, 5) is 13.4. The van der Waals surface area contributed by atoms with Gasteiger partial charge in [-0.2, -0.15) is 4.31 Å². The van der Waals surface area contributed by atoms with Crippen LogP contribution in [0.15, 0.2) is 17.0 Å². The van der Waals surface area contributed by atoms with E-state index in [-0.39, 0.29) is 18.0 Å². The van der Waals surface area contributed by atoms with E-state index in [0.29, 0.717) is 25.4 Å². The van der Waals surface area contributed by atoms with Gasteiger partial charge in [0.15, 0.2) is 0 Å². The van der Waals surface area contributed by atoms with Crippen LogP contribution in [0.5, 0.6) is 5.75 Å². The van der Waals surface area contributed by atoms with E-state index in [9.17, 15) is 13.2 Å². The lowest BCUT2D eigenvalue weighted by Crippen LogP contribution is -2.50. The number of nitrogens with zero attached hydrogens (tertiary/aromatic N) is 2. The fourth-order valence-corrected chi connectivity index (χ4v) is 4.57. The SMILES string of the molecule is CCOC(=O)N1CCN(S(=O)(=O)c2cc(C)cc(C)c2OC)CC1. The standard InChI is InChI=1S/C16H24N2O5S/c1-5-23-16(19)17-6-8-18(9-7-17)24(20,21)14-11-12(2)10-13(3)15(14)22-4/h10-11H,5-9H2,1-4H3. The van der Waals surface area contributed by atoms with E-state index in [1.165, 1.54) is 16.3 Å². The third kappa shape index (κ3) is 3.64. The minimum absolute atomic E-state index is 0.173. The highest BCUT2D eigenvalue weighted by molar-refractivity contribution is 7.89. The molecule has 8 heteroatoms. The zero-order chi connectivity index (χ0) is 17.9. The fourth-order valence-electron chi connectivity index (χ4n) is 2.83. The lowest BCUT2D eigenvalue weighted by Gasteiger charge is -2.33. The zero-order valence-electron chi connectivity index (χ0n) is 14.5. The molecular formula is C16H24N2O5S. The van der Waals surface area contributed by atoms with Crippen molar-refractivity contribution in [2.45, 2.75) is 25.7 Å². The van der Waals surface area contributed by atoms with E-state index >= 15 is 0 Å². The predicted octanol–water partition coefficient (Wildman–Crippen LogP) is 1.77. The molecule has 0 atom stereocenters. The molecule has 7 nitrogen and oxygen atoms in total. The van der Waals surface area contributed by atoms with E-state index in [1.807, 2.05) is 19.9 Å². The number of ether oxygens (including phenoxy) is 2. The average Bonchev–Trinajstić information content (AvgIpc) is 2.54. The number of aryl methyl sites for hydroxylation is 2. The summed E-state index contributed by atoms with van der Waals surface area (Å²) < 4.78 is 37.6. The van der Waals surface area contributed by atoms with E-state index < -0.39 is 16.1 Å². The number of piperazine rings is 1. The minimum atomic E-state index is -3.68. The molecule has 1 heterocycles. The van der Waals surface area contributed by atoms with Gasteiger partial charge in [-0.25, -0.2) is 13.2 Å². The van der Waals surface area contributed by atoms with Gasteiger partial charge < -0.3 is 14.4 Å². The lowest BCUT2D eigenvalue weighted by molar-refractivity contribution is 0.0934. The summed E-state index contributed by atoms with van der Waals surface area (Å²) in [6.07, 6.45) is -0.404. The molecule has 1 aromatic rings. The fraction of sp³-hybridized carbons (Fsp3) is 0.562. The minimum Gasteiger partial charge on any atom is -0.495 e. The monoisotopic (exact) mass is 356 g/mol. The molecule has 0 radical (unpaired) electrons. The molecule has 0 aliphatic carbocycles. The second-order valence-corrected chi connectivity index (χ2v) is 7.61. The molecular weight excluding hydrogens is 332 g/mol. The van der Waals surface area contributed by atoms with Crippen molar-refractivity contribution in [1.82, 2.24) is 9.21 Å². The quantitative estimate of drug-likeness (QED) is 0.822. The number of methoxy groups -OCH3 is 1. The molecule has 0 spiro atoms. The van der Waals surface area contributed by atoms with Crippen LogP contribution in [-0.2, 0) is 14.8 Å². The lowest BCUT2D eigenvalue weighted by atomic mass is 10.1. The number of amides is 1. The van der Waals surface area contributed by atoms with E-state index in [2.05, 4.69) is 0 Å². The number of carbonyl (C=O) groups is 1.